The Hall–Kier alpha value is -1.74. The lowest BCUT2D eigenvalue weighted by molar-refractivity contribution is 0.0657. The zero-order valence-electron chi connectivity index (χ0n) is 18.2. The summed E-state index contributed by atoms with van der Waals surface area (Å²) < 4.78 is 11.0. The van der Waals surface area contributed by atoms with Crippen molar-refractivity contribution in [1.82, 2.24) is 10.6 Å². The van der Waals surface area contributed by atoms with Crippen LogP contribution < -0.4 is 15.4 Å². The second kappa shape index (κ2) is 11.4. The van der Waals surface area contributed by atoms with Gasteiger partial charge in [0.1, 0.15) is 22.9 Å². The van der Waals surface area contributed by atoms with Crippen LogP contribution in [0.3, 0.4) is 0 Å². The number of hydrogen-bond acceptors (Lipinski definition) is 4. The molecule has 7 heteroatoms. The molecule has 0 bridgehead atoms. The number of ether oxygens (including phenoxy) is 1. The number of aliphatic imine (C=N–C) groups is 1. The molecule has 1 heterocycles. The molecule has 29 heavy (non-hydrogen) atoms. The average Bonchev–Trinajstić information content (AvgIpc) is 3.02. The number of halogens is 1. The lowest BCUT2D eigenvalue weighted by Gasteiger charge is -2.22. The van der Waals surface area contributed by atoms with Gasteiger partial charge in [0.25, 0.3) is 0 Å². The molecule has 1 aromatic carbocycles. The summed E-state index contributed by atoms with van der Waals surface area (Å²) in [6.45, 7) is 11.3. The first-order valence-corrected chi connectivity index (χ1v) is 9.73. The van der Waals surface area contributed by atoms with Crippen LogP contribution in [0.1, 0.15) is 49.3 Å². The zero-order valence-corrected chi connectivity index (χ0v) is 20.5. The molecular weight excluding hydrogens is 481 g/mol. The predicted octanol–water partition coefficient (Wildman–Crippen LogP) is 4.09. The normalized spacial score (nSPS) is 14.5. The number of methoxy groups -OCH3 is 1. The average molecular weight is 515 g/mol. The molecule has 0 saturated carbocycles. The minimum absolute atomic E-state index is 0. The van der Waals surface area contributed by atoms with Gasteiger partial charge in [-0.05, 0) is 45.4 Å². The smallest absolute Gasteiger partial charge is 0.191 e. The fourth-order valence-electron chi connectivity index (χ4n) is 3.26. The topological polar surface area (TPSA) is 79.0 Å². The van der Waals surface area contributed by atoms with Crippen LogP contribution in [0.5, 0.6) is 5.75 Å². The molecule has 0 amide bonds. The molecule has 3 N–H and O–H groups in total. The van der Waals surface area contributed by atoms with Crippen molar-refractivity contribution in [2.24, 2.45) is 4.99 Å². The molecule has 2 atom stereocenters. The molecule has 0 saturated heterocycles. The van der Waals surface area contributed by atoms with Gasteiger partial charge in [-0.15, -0.1) is 24.0 Å². The third kappa shape index (κ3) is 6.92. The van der Waals surface area contributed by atoms with E-state index in [2.05, 4.69) is 28.6 Å². The summed E-state index contributed by atoms with van der Waals surface area (Å²) in [5.74, 6) is 3.29. The maximum absolute atomic E-state index is 10.9. The molecule has 2 rings (SSSR count). The highest BCUT2D eigenvalue weighted by molar-refractivity contribution is 14.0. The predicted molar refractivity (Wildman–Crippen MR) is 129 cm³/mol. The highest BCUT2D eigenvalue weighted by atomic mass is 127. The first-order chi connectivity index (χ1) is 13.3. The van der Waals surface area contributed by atoms with Gasteiger partial charge in [-0.3, -0.25) is 0 Å². The Bertz CT molecular complexity index is 802. The van der Waals surface area contributed by atoms with Gasteiger partial charge in [0.2, 0.25) is 0 Å². The van der Waals surface area contributed by atoms with Gasteiger partial charge in [0.15, 0.2) is 5.96 Å². The molecule has 1 aromatic heterocycles. The minimum Gasteiger partial charge on any atom is -0.496 e. The second-order valence-corrected chi connectivity index (χ2v) is 7.32. The van der Waals surface area contributed by atoms with Crippen molar-refractivity contribution in [2.75, 3.05) is 26.7 Å². The Morgan fingerprint density at radius 3 is 2.55 bits per heavy atom. The number of aryl methyl sites for hydroxylation is 2. The van der Waals surface area contributed by atoms with Gasteiger partial charge >= 0.3 is 0 Å². The molecule has 0 radical (unpaired) electrons. The van der Waals surface area contributed by atoms with Crippen LogP contribution in [0.15, 0.2) is 39.7 Å². The molecule has 0 aliphatic heterocycles. The Labute approximate surface area is 191 Å². The third-order valence-electron chi connectivity index (χ3n) is 4.76. The van der Waals surface area contributed by atoms with E-state index in [1.807, 2.05) is 45.0 Å². The first-order valence-electron chi connectivity index (χ1n) is 9.73. The summed E-state index contributed by atoms with van der Waals surface area (Å²) in [6.07, 6.45) is 0. The van der Waals surface area contributed by atoms with E-state index >= 15 is 0 Å². The Kier molecular flexibility index (Phi) is 9.98. The van der Waals surface area contributed by atoms with Gasteiger partial charge in [-0.25, -0.2) is 4.99 Å². The van der Waals surface area contributed by atoms with Crippen molar-refractivity contribution in [3.05, 3.63) is 53.0 Å². The van der Waals surface area contributed by atoms with Crippen molar-refractivity contribution in [3.63, 3.8) is 0 Å². The number of para-hydroxylation sites is 1. The number of guanidine groups is 1. The van der Waals surface area contributed by atoms with Crippen LogP contribution in [0.25, 0.3) is 0 Å². The first kappa shape index (κ1) is 25.3. The summed E-state index contributed by atoms with van der Waals surface area (Å²) in [7, 11) is 1.69. The number of hydrogen-bond donors (Lipinski definition) is 3. The fourth-order valence-corrected chi connectivity index (χ4v) is 3.26. The highest BCUT2D eigenvalue weighted by Gasteiger charge is 2.27. The Morgan fingerprint density at radius 1 is 1.28 bits per heavy atom. The number of nitrogens with one attached hydrogen (secondary N) is 2. The standard InChI is InChI=1S/C22H33N3O3.HI/c1-7-23-21(24-13-15(2)18-10-8-9-11-20(18)27-6)25-14-22(5,26)19-12-16(3)28-17(19)4;/h8-12,15,26H,7,13-14H2,1-6H3,(H2,23,24,25);1H. The molecule has 0 aliphatic carbocycles. The maximum atomic E-state index is 10.9. The molecule has 0 spiro atoms. The molecule has 2 unspecified atom stereocenters. The van der Waals surface area contributed by atoms with E-state index < -0.39 is 5.60 Å². The van der Waals surface area contributed by atoms with E-state index in [1.54, 1.807) is 14.0 Å². The van der Waals surface area contributed by atoms with E-state index in [9.17, 15) is 5.11 Å². The van der Waals surface area contributed by atoms with E-state index in [-0.39, 0.29) is 36.4 Å². The summed E-state index contributed by atoms with van der Waals surface area (Å²) in [5, 5.41) is 17.5. The van der Waals surface area contributed by atoms with Crippen molar-refractivity contribution in [1.29, 1.82) is 0 Å². The van der Waals surface area contributed by atoms with Crippen LogP contribution in [-0.2, 0) is 5.60 Å². The van der Waals surface area contributed by atoms with E-state index in [1.165, 1.54) is 0 Å². The van der Waals surface area contributed by atoms with E-state index in [0.29, 0.717) is 12.5 Å². The third-order valence-corrected chi connectivity index (χ3v) is 4.76. The Morgan fingerprint density at radius 2 is 1.97 bits per heavy atom. The zero-order chi connectivity index (χ0) is 20.7. The largest absolute Gasteiger partial charge is 0.496 e. The molecular formula is C22H34IN3O3. The number of furan rings is 1. The van der Waals surface area contributed by atoms with Crippen molar-refractivity contribution in [3.8, 4) is 5.75 Å². The SMILES string of the molecule is CCNC(=NCC(C)(O)c1cc(C)oc1C)NCC(C)c1ccccc1OC.I. The molecule has 162 valence electrons. The van der Waals surface area contributed by atoms with Crippen LogP contribution >= 0.6 is 24.0 Å². The van der Waals surface area contributed by atoms with Gasteiger partial charge < -0.3 is 24.9 Å². The van der Waals surface area contributed by atoms with Crippen LogP contribution in [0.2, 0.25) is 0 Å². The van der Waals surface area contributed by atoms with Gasteiger partial charge in [0, 0.05) is 24.6 Å². The highest BCUT2D eigenvalue weighted by Crippen LogP contribution is 2.27. The summed E-state index contributed by atoms with van der Waals surface area (Å²) in [4.78, 5) is 4.59. The fraction of sp³-hybridized carbons (Fsp3) is 0.500. The summed E-state index contributed by atoms with van der Waals surface area (Å²) >= 11 is 0. The minimum atomic E-state index is -1.10. The van der Waals surface area contributed by atoms with E-state index in [0.717, 1.165) is 34.9 Å². The molecule has 0 fully saturated rings. The number of aliphatic hydroxyl groups is 1. The van der Waals surface area contributed by atoms with Gasteiger partial charge in [-0.2, -0.15) is 0 Å². The molecule has 2 aromatic rings. The van der Waals surface area contributed by atoms with Gasteiger partial charge in [-0.1, -0.05) is 25.1 Å². The van der Waals surface area contributed by atoms with Crippen molar-refractivity contribution >= 4 is 29.9 Å². The maximum Gasteiger partial charge on any atom is 0.191 e. The number of rotatable bonds is 8. The lowest BCUT2D eigenvalue weighted by atomic mass is 9.96. The quantitative estimate of drug-likeness (QED) is 0.281. The monoisotopic (exact) mass is 515 g/mol. The molecule has 6 nitrogen and oxygen atoms in total. The summed E-state index contributed by atoms with van der Waals surface area (Å²) in [5.41, 5.74) is 0.815. The van der Waals surface area contributed by atoms with Crippen LogP contribution in [0.4, 0.5) is 0 Å². The van der Waals surface area contributed by atoms with Crippen molar-refractivity contribution in [2.45, 2.75) is 46.1 Å². The van der Waals surface area contributed by atoms with Crippen molar-refractivity contribution < 1.29 is 14.3 Å². The van der Waals surface area contributed by atoms with Gasteiger partial charge in [0.05, 0.1) is 13.7 Å². The Balaban J connectivity index is 0.00000420. The van der Waals surface area contributed by atoms with Crippen LogP contribution in [-0.4, -0.2) is 37.8 Å². The number of benzene rings is 1. The lowest BCUT2D eigenvalue weighted by Crippen LogP contribution is -2.40. The second-order valence-electron chi connectivity index (χ2n) is 7.32. The summed E-state index contributed by atoms with van der Waals surface area (Å²) in [6, 6.07) is 9.90. The molecule has 0 aliphatic rings. The number of nitrogens with zero attached hydrogens (tertiary/aromatic N) is 1. The van der Waals surface area contributed by atoms with E-state index in [4.69, 9.17) is 9.15 Å². The van der Waals surface area contributed by atoms with Crippen LogP contribution in [0, 0.1) is 13.8 Å².